The van der Waals surface area contributed by atoms with E-state index in [-0.39, 0.29) is 30.8 Å². The van der Waals surface area contributed by atoms with Crippen molar-refractivity contribution < 1.29 is 24.2 Å². The number of amides is 1. The maximum absolute atomic E-state index is 12.6. The molecule has 3 unspecified atom stereocenters. The summed E-state index contributed by atoms with van der Waals surface area (Å²) in [4.78, 5) is 24.6. The predicted octanol–water partition coefficient (Wildman–Crippen LogP) is 3.04. The van der Waals surface area contributed by atoms with E-state index in [1.807, 2.05) is 52.0 Å². The van der Waals surface area contributed by atoms with Gasteiger partial charge in [0.05, 0.1) is 13.2 Å². The van der Waals surface area contributed by atoms with Gasteiger partial charge in [0.25, 0.3) is 0 Å². The maximum Gasteiger partial charge on any atom is 0.330 e. The van der Waals surface area contributed by atoms with Crippen LogP contribution in [0.4, 0.5) is 0 Å². The third kappa shape index (κ3) is 4.10. The highest BCUT2D eigenvalue weighted by atomic mass is 16.5. The minimum absolute atomic E-state index is 0.0537. The van der Waals surface area contributed by atoms with Gasteiger partial charge in [-0.05, 0) is 30.9 Å². The van der Waals surface area contributed by atoms with E-state index in [0.717, 1.165) is 11.3 Å². The van der Waals surface area contributed by atoms with Crippen molar-refractivity contribution in [2.24, 2.45) is 11.3 Å². The number of hydrogen-bond acceptors (Lipinski definition) is 4. The molecule has 0 aliphatic heterocycles. The molecule has 6 nitrogen and oxygen atoms in total. The highest BCUT2D eigenvalue weighted by molar-refractivity contribution is 5.89. The molecule has 6 heteroatoms. The Morgan fingerprint density at radius 3 is 2.56 bits per heavy atom. The molecule has 0 saturated heterocycles. The molecule has 0 aromatic heterocycles. The smallest absolute Gasteiger partial charge is 0.330 e. The number of ether oxygens (including phenoxy) is 2. The predicted molar refractivity (Wildman–Crippen MR) is 103 cm³/mol. The number of para-hydroxylation sites is 1. The summed E-state index contributed by atoms with van der Waals surface area (Å²) in [6, 6.07) is 7.72. The Hall–Kier alpha value is -2.08. The lowest BCUT2D eigenvalue weighted by molar-refractivity contribution is -0.194. The van der Waals surface area contributed by atoms with Crippen molar-refractivity contribution in [3.05, 3.63) is 29.8 Å². The number of benzene rings is 1. The van der Waals surface area contributed by atoms with Crippen LogP contribution in [0.25, 0.3) is 0 Å². The fourth-order valence-electron chi connectivity index (χ4n) is 3.96. The third-order valence-corrected chi connectivity index (χ3v) is 5.78. The van der Waals surface area contributed by atoms with Crippen molar-refractivity contribution in [1.82, 2.24) is 5.32 Å². The number of carboxylic acids is 1. The summed E-state index contributed by atoms with van der Waals surface area (Å²) in [5.41, 5.74) is -0.918. The molecule has 1 aliphatic rings. The number of nitrogens with one attached hydrogen (secondary N) is 1. The van der Waals surface area contributed by atoms with Crippen molar-refractivity contribution in [3.63, 3.8) is 0 Å². The van der Waals surface area contributed by atoms with Crippen LogP contribution in [-0.2, 0) is 20.7 Å². The van der Waals surface area contributed by atoms with Gasteiger partial charge >= 0.3 is 5.97 Å². The average Bonchev–Trinajstić information content (AvgIpc) is 2.60. The van der Waals surface area contributed by atoms with Crippen LogP contribution >= 0.6 is 0 Å². The number of hydrogen-bond donors (Lipinski definition) is 2. The Morgan fingerprint density at radius 1 is 1.33 bits per heavy atom. The summed E-state index contributed by atoms with van der Waals surface area (Å²) >= 11 is 0. The topological polar surface area (TPSA) is 84.9 Å². The molecular formula is C21H31NO5. The van der Waals surface area contributed by atoms with E-state index in [1.165, 1.54) is 0 Å². The van der Waals surface area contributed by atoms with Gasteiger partial charge in [-0.15, -0.1) is 0 Å². The molecule has 1 amide bonds. The Bertz CT molecular complexity index is 687. The molecule has 27 heavy (non-hydrogen) atoms. The zero-order chi connectivity index (χ0) is 20.2. The lowest BCUT2D eigenvalue weighted by Crippen LogP contribution is -2.76. The molecule has 1 aromatic rings. The van der Waals surface area contributed by atoms with Crippen molar-refractivity contribution in [3.8, 4) is 5.75 Å². The van der Waals surface area contributed by atoms with Crippen LogP contribution in [-0.4, -0.2) is 42.3 Å². The first kappa shape index (κ1) is 21.2. The number of methoxy groups -OCH3 is 1. The second kappa shape index (κ2) is 8.30. The molecule has 1 aliphatic carbocycles. The van der Waals surface area contributed by atoms with Gasteiger partial charge in [-0.1, -0.05) is 39.0 Å². The van der Waals surface area contributed by atoms with E-state index >= 15 is 0 Å². The Balaban J connectivity index is 2.02. The Labute approximate surface area is 161 Å². The van der Waals surface area contributed by atoms with Gasteiger partial charge in [0.2, 0.25) is 5.91 Å². The van der Waals surface area contributed by atoms with Crippen LogP contribution < -0.4 is 10.1 Å². The Kier molecular flexibility index (Phi) is 6.52. The maximum atomic E-state index is 12.6. The number of aliphatic carboxylic acids is 1. The quantitative estimate of drug-likeness (QED) is 0.691. The highest BCUT2D eigenvalue weighted by Crippen LogP contribution is 2.51. The minimum Gasteiger partial charge on any atom is -0.496 e. The van der Waals surface area contributed by atoms with E-state index in [4.69, 9.17) is 9.47 Å². The number of carboxylic acid groups (broad SMARTS) is 1. The molecule has 3 atom stereocenters. The van der Waals surface area contributed by atoms with Crippen LogP contribution in [0.1, 0.15) is 46.1 Å². The summed E-state index contributed by atoms with van der Waals surface area (Å²) in [7, 11) is 1.63. The van der Waals surface area contributed by atoms with Gasteiger partial charge < -0.3 is 19.9 Å². The second-order valence-corrected chi connectivity index (χ2v) is 7.95. The first-order valence-electron chi connectivity index (χ1n) is 9.45. The van der Waals surface area contributed by atoms with Crippen LogP contribution in [0, 0.1) is 11.3 Å². The van der Waals surface area contributed by atoms with Gasteiger partial charge in [-0.2, -0.15) is 0 Å². The molecule has 1 saturated carbocycles. The summed E-state index contributed by atoms with van der Waals surface area (Å²) in [5.74, 6) is -0.401. The van der Waals surface area contributed by atoms with Crippen molar-refractivity contribution in [2.75, 3.05) is 13.7 Å². The van der Waals surface area contributed by atoms with E-state index < -0.39 is 16.9 Å². The normalized spacial score (nSPS) is 24.6. The monoisotopic (exact) mass is 377 g/mol. The van der Waals surface area contributed by atoms with Gasteiger partial charge in [0, 0.05) is 24.9 Å². The van der Waals surface area contributed by atoms with Crippen LogP contribution in [0.5, 0.6) is 5.75 Å². The molecule has 0 spiro atoms. The SMILES string of the molecule is CCOC1CC(NC(=O)CC(C)Cc2ccccc2OC)(C(=O)O)C1(C)C. The van der Waals surface area contributed by atoms with Crippen LogP contribution in [0.15, 0.2) is 24.3 Å². The Morgan fingerprint density at radius 2 is 2.00 bits per heavy atom. The highest BCUT2D eigenvalue weighted by Gasteiger charge is 2.66. The standard InChI is InChI=1S/C21H31NO5/c1-6-27-17-13-21(19(24)25,20(17,3)4)22-18(23)12-14(2)11-15-9-7-8-10-16(15)26-5/h7-10,14,17H,6,11-13H2,1-5H3,(H,22,23)(H,24,25). The summed E-state index contributed by atoms with van der Waals surface area (Å²) in [6.07, 6.45) is 1.05. The number of carbonyl (C=O) groups excluding carboxylic acids is 1. The van der Waals surface area contributed by atoms with Crippen LogP contribution in [0.2, 0.25) is 0 Å². The zero-order valence-electron chi connectivity index (χ0n) is 16.9. The second-order valence-electron chi connectivity index (χ2n) is 7.95. The van der Waals surface area contributed by atoms with Crippen LogP contribution in [0.3, 0.4) is 0 Å². The van der Waals surface area contributed by atoms with Gasteiger partial charge in [-0.25, -0.2) is 4.79 Å². The molecule has 1 fully saturated rings. The molecule has 0 radical (unpaired) electrons. The summed E-state index contributed by atoms with van der Waals surface area (Å²) < 4.78 is 11.0. The van der Waals surface area contributed by atoms with E-state index in [0.29, 0.717) is 13.0 Å². The van der Waals surface area contributed by atoms with E-state index in [1.54, 1.807) is 7.11 Å². The molecule has 2 rings (SSSR count). The largest absolute Gasteiger partial charge is 0.496 e. The first-order chi connectivity index (χ1) is 12.7. The molecule has 1 aromatic carbocycles. The number of rotatable bonds is 9. The van der Waals surface area contributed by atoms with Crippen molar-refractivity contribution in [2.45, 2.75) is 58.6 Å². The average molecular weight is 377 g/mol. The van der Waals surface area contributed by atoms with Gasteiger partial charge in [0.1, 0.15) is 11.3 Å². The summed E-state index contributed by atoms with van der Waals surface area (Å²) in [5, 5.41) is 12.6. The summed E-state index contributed by atoms with van der Waals surface area (Å²) in [6.45, 7) is 8.06. The molecule has 0 heterocycles. The lowest BCUT2D eigenvalue weighted by atomic mass is 9.54. The van der Waals surface area contributed by atoms with Gasteiger partial charge in [0.15, 0.2) is 0 Å². The zero-order valence-corrected chi connectivity index (χ0v) is 16.9. The van der Waals surface area contributed by atoms with E-state index in [9.17, 15) is 14.7 Å². The molecular weight excluding hydrogens is 346 g/mol. The minimum atomic E-state index is -1.28. The molecule has 150 valence electrons. The molecule has 2 N–H and O–H groups in total. The third-order valence-electron chi connectivity index (χ3n) is 5.78. The van der Waals surface area contributed by atoms with Crippen molar-refractivity contribution in [1.29, 1.82) is 0 Å². The van der Waals surface area contributed by atoms with Crippen molar-refractivity contribution >= 4 is 11.9 Å². The molecule has 0 bridgehead atoms. The fraction of sp³-hybridized carbons (Fsp3) is 0.619. The first-order valence-corrected chi connectivity index (χ1v) is 9.45. The lowest BCUT2D eigenvalue weighted by Gasteiger charge is -2.58. The van der Waals surface area contributed by atoms with Gasteiger partial charge in [-0.3, -0.25) is 4.79 Å². The van der Waals surface area contributed by atoms with E-state index in [2.05, 4.69) is 5.32 Å². The number of carbonyl (C=O) groups is 2. The fourth-order valence-corrected chi connectivity index (χ4v) is 3.96.